The Morgan fingerprint density at radius 3 is 2.60 bits per heavy atom. The first kappa shape index (κ1) is 16.0. The molecule has 0 bridgehead atoms. The molecule has 20 heavy (non-hydrogen) atoms. The van der Waals surface area contributed by atoms with Crippen molar-refractivity contribution in [3.05, 3.63) is 59.1 Å². The van der Waals surface area contributed by atoms with Gasteiger partial charge in [-0.3, -0.25) is 0 Å². The van der Waals surface area contributed by atoms with Crippen LogP contribution in [0.1, 0.15) is 15.9 Å². The van der Waals surface area contributed by atoms with E-state index in [1.165, 1.54) is 0 Å². The van der Waals surface area contributed by atoms with Gasteiger partial charge in [-0.1, -0.05) is 28.1 Å². The van der Waals surface area contributed by atoms with Crippen LogP contribution in [-0.2, 0) is 6.61 Å². The highest BCUT2D eigenvalue weighted by molar-refractivity contribution is 14.1. The molecule has 104 valence electrons. The molecular weight excluding hydrogens is 550 g/mol. The summed E-state index contributed by atoms with van der Waals surface area (Å²) in [7, 11) is 0. The predicted molar refractivity (Wildman–Crippen MR) is 97.3 cm³/mol. The Labute approximate surface area is 152 Å². The minimum atomic E-state index is -0.925. The summed E-state index contributed by atoms with van der Waals surface area (Å²) in [6.45, 7) is 0.442. The molecule has 0 spiro atoms. The van der Waals surface area contributed by atoms with Gasteiger partial charge in [-0.25, -0.2) is 4.79 Å². The Kier molecular flexibility index (Phi) is 5.67. The van der Waals surface area contributed by atoms with Crippen molar-refractivity contribution in [1.82, 2.24) is 0 Å². The Morgan fingerprint density at radius 2 is 1.95 bits per heavy atom. The zero-order valence-corrected chi connectivity index (χ0v) is 16.0. The van der Waals surface area contributed by atoms with Crippen molar-refractivity contribution in [2.24, 2.45) is 0 Å². The lowest BCUT2D eigenvalue weighted by Crippen LogP contribution is -2.04. The summed E-state index contributed by atoms with van der Waals surface area (Å²) in [4.78, 5) is 11.0. The highest BCUT2D eigenvalue weighted by Crippen LogP contribution is 2.29. The van der Waals surface area contributed by atoms with Gasteiger partial charge < -0.3 is 9.84 Å². The molecule has 0 saturated carbocycles. The van der Waals surface area contributed by atoms with Crippen molar-refractivity contribution in [2.75, 3.05) is 0 Å². The van der Waals surface area contributed by atoms with E-state index in [2.05, 4.69) is 38.5 Å². The first-order chi connectivity index (χ1) is 9.49. The molecule has 0 heterocycles. The molecule has 0 fully saturated rings. The number of halogens is 3. The smallest absolute Gasteiger partial charge is 0.336 e. The van der Waals surface area contributed by atoms with E-state index in [0.717, 1.165) is 13.6 Å². The molecule has 2 aromatic carbocycles. The minimum Gasteiger partial charge on any atom is -0.488 e. The van der Waals surface area contributed by atoms with Crippen molar-refractivity contribution in [3.63, 3.8) is 0 Å². The van der Waals surface area contributed by atoms with Crippen molar-refractivity contribution in [1.29, 1.82) is 0 Å². The molecular formula is C14H9BrI2O3. The van der Waals surface area contributed by atoms with E-state index >= 15 is 0 Å². The Hall–Kier alpha value is -0.350. The molecule has 0 atom stereocenters. The molecule has 0 aliphatic heterocycles. The summed E-state index contributed by atoms with van der Waals surface area (Å²) in [5.41, 5.74) is 1.34. The van der Waals surface area contributed by atoms with Gasteiger partial charge in [-0.15, -0.1) is 0 Å². The fourth-order valence-corrected chi connectivity index (χ4v) is 3.35. The number of benzene rings is 2. The first-order valence-electron chi connectivity index (χ1n) is 5.57. The van der Waals surface area contributed by atoms with Crippen LogP contribution in [0.15, 0.2) is 40.9 Å². The van der Waals surface area contributed by atoms with Gasteiger partial charge in [0.2, 0.25) is 0 Å². The Morgan fingerprint density at radius 1 is 1.20 bits per heavy atom. The van der Waals surface area contributed by atoms with Crippen LogP contribution in [-0.4, -0.2) is 11.1 Å². The van der Waals surface area contributed by atoms with Crippen LogP contribution in [0.3, 0.4) is 0 Å². The SMILES string of the molecule is O=C(O)c1ccc(OCc2cccc(Br)c2)c(I)c1I. The van der Waals surface area contributed by atoms with E-state index < -0.39 is 5.97 Å². The minimum absolute atomic E-state index is 0.296. The van der Waals surface area contributed by atoms with Crippen LogP contribution in [0.4, 0.5) is 0 Å². The van der Waals surface area contributed by atoms with Gasteiger partial charge in [0.25, 0.3) is 0 Å². The number of carboxylic acid groups (broad SMARTS) is 1. The molecule has 1 N–H and O–H groups in total. The fourth-order valence-electron chi connectivity index (χ4n) is 1.60. The molecule has 0 aromatic heterocycles. The number of hydrogen-bond donors (Lipinski definition) is 1. The van der Waals surface area contributed by atoms with Crippen molar-refractivity contribution in [3.8, 4) is 5.75 Å². The quantitative estimate of drug-likeness (QED) is 0.541. The van der Waals surface area contributed by atoms with Gasteiger partial charge in [-0.05, 0) is 75.0 Å². The van der Waals surface area contributed by atoms with E-state index in [4.69, 9.17) is 9.84 Å². The van der Waals surface area contributed by atoms with Crippen molar-refractivity contribution >= 4 is 67.1 Å². The summed E-state index contributed by atoms with van der Waals surface area (Å²) in [6.07, 6.45) is 0. The van der Waals surface area contributed by atoms with E-state index in [1.807, 2.05) is 46.9 Å². The molecule has 0 unspecified atom stereocenters. The number of rotatable bonds is 4. The lowest BCUT2D eigenvalue weighted by molar-refractivity contribution is 0.0695. The van der Waals surface area contributed by atoms with Crippen LogP contribution in [0, 0.1) is 7.14 Å². The lowest BCUT2D eigenvalue weighted by Gasteiger charge is -2.11. The van der Waals surface area contributed by atoms with Crippen LogP contribution in [0.25, 0.3) is 0 Å². The van der Waals surface area contributed by atoms with E-state index in [1.54, 1.807) is 12.1 Å². The summed E-state index contributed by atoms with van der Waals surface area (Å²) in [5, 5.41) is 9.07. The van der Waals surface area contributed by atoms with Crippen molar-refractivity contribution < 1.29 is 14.6 Å². The van der Waals surface area contributed by atoms with Crippen LogP contribution in [0.5, 0.6) is 5.75 Å². The number of carbonyl (C=O) groups is 1. The second-order valence-corrected chi connectivity index (χ2v) is 7.04. The average molecular weight is 559 g/mol. The summed E-state index contributed by atoms with van der Waals surface area (Å²) in [5.74, 6) is -0.231. The van der Waals surface area contributed by atoms with Gasteiger partial charge in [-0.2, -0.15) is 0 Å². The number of ether oxygens (including phenoxy) is 1. The zero-order valence-electron chi connectivity index (χ0n) is 10.1. The van der Waals surface area contributed by atoms with E-state index in [9.17, 15) is 4.79 Å². The van der Waals surface area contributed by atoms with Gasteiger partial charge in [0.1, 0.15) is 12.4 Å². The highest BCUT2D eigenvalue weighted by Gasteiger charge is 2.14. The maximum atomic E-state index is 11.0. The third-order valence-electron chi connectivity index (χ3n) is 2.56. The topological polar surface area (TPSA) is 46.5 Å². The Bertz CT molecular complexity index is 659. The normalized spacial score (nSPS) is 10.3. The Balaban J connectivity index is 2.18. The third-order valence-corrected chi connectivity index (χ3v) is 6.28. The zero-order chi connectivity index (χ0) is 14.7. The van der Waals surface area contributed by atoms with Gasteiger partial charge >= 0.3 is 5.97 Å². The summed E-state index contributed by atoms with van der Waals surface area (Å²) in [6, 6.07) is 11.1. The molecule has 0 aliphatic rings. The molecule has 0 amide bonds. The monoisotopic (exact) mass is 558 g/mol. The molecule has 0 radical (unpaired) electrons. The first-order valence-corrected chi connectivity index (χ1v) is 8.52. The lowest BCUT2D eigenvalue weighted by atomic mass is 10.2. The molecule has 0 saturated heterocycles. The molecule has 6 heteroatoms. The van der Waals surface area contributed by atoms with Crippen LogP contribution >= 0.6 is 61.1 Å². The third kappa shape index (κ3) is 3.85. The van der Waals surface area contributed by atoms with Crippen molar-refractivity contribution in [2.45, 2.75) is 6.61 Å². The summed E-state index contributed by atoms with van der Waals surface area (Å²) >= 11 is 7.55. The second-order valence-electron chi connectivity index (χ2n) is 3.96. The van der Waals surface area contributed by atoms with Crippen LogP contribution in [0.2, 0.25) is 0 Å². The number of aromatic carboxylic acids is 1. The van der Waals surface area contributed by atoms with Gasteiger partial charge in [0.05, 0.1) is 9.13 Å². The molecule has 2 rings (SSSR count). The molecule has 2 aromatic rings. The highest BCUT2D eigenvalue weighted by atomic mass is 127. The van der Waals surface area contributed by atoms with E-state index in [0.29, 0.717) is 21.5 Å². The van der Waals surface area contributed by atoms with Gasteiger partial charge in [0, 0.05) is 8.04 Å². The maximum absolute atomic E-state index is 11.0. The predicted octanol–water partition coefficient (Wildman–Crippen LogP) is 4.94. The number of hydrogen-bond acceptors (Lipinski definition) is 2. The largest absolute Gasteiger partial charge is 0.488 e. The standard InChI is InChI=1S/C14H9BrI2O3/c15-9-3-1-2-8(6-9)7-20-11-5-4-10(14(18)19)12(16)13(11)17/h1-6H,7H2,(H,18,19). The summed E-state index contributed by atoms with van der Waals surface area (Å²) < 4.78 is 8.29. The second kappa shape index (κ2) is 7.08. The average Bonchev–Trinajstić information content (AvgIpc) is 2.40. The fraction of sp³-hybridized carbons (Fsp3) is 0.0714. The molecule has 0 aliphatic carbocycles. The van der Waals surface area contributed by atoms with Gasteiger partial charge in [0.15, 0.2) is 0 Å². The molecule has 3 nitrogen and oxygen atoms in total. The number of carboxylic acids is 1. The maximum Gasteiger partial charge on any atom is 0.336 e. The van der Waals surface area contributed by atoms with Crippen LogP contribution < -0.4 is 4.74 Å². The van der Waals surface area contributed by atoms with E-state index in [-0.39, 0.29) is 0 Å².